The number of benzene rings is 1. The van der Waals surface area contributed by atoms with Gasteiger partial charge in [0.05, 0.1) is 0 Å². The first-order valence-electron chi connectivity index (χ1n) is 6.31. The molecule has 0 aliphatic rings. The van der Waals surface area contributed by atoms with Gasteiger partial charge in [0.1, 0.15) is 6.04 Å². The fourth-order valence-corrected chi connectivity index (χ4v) is 1.73. The number of rotatable bonds is 5. The molecule has 0 saturated heterocycles. The summed E-state index contributed by atoms with van der Waals surface area (Å²) >= 11 is 0. The molecule has 1 aromatic carbocycles. The maximum Gasteiger partial charge on any atom is 0.246 e. The summed E-state index contributed by atoms with van der Waals surface area (Å²) < 4.78 is 26.2. The van der Waals surface area contributed by atoms with Crippen molar-refractivity contribution < 1.29 is 18.4 Å². The zero-order valence-electron chi connectivity index (χ0n) is 11.7. The number of likely N-dealkylation sites (N-methyl/N-ethyl adjacent to an activating group) is 1. The van der Waals surface area contributed by atoms with Gasteiger partial charge in [0, 0.05) is 13.5 Å². The van der Waals surface area contributed by atoms with Gasteiger partial charge < -0.3 is 10.6 Å². The zero-order valence-corrected chi connectivity index (χ0v) is 11.7. The Bertz CT molecular complexity index is 504. The number of nitrogens with one attached hydrogen (secondary N) is 2. The van der Waals surface area contributed by atoms with Gasteiger partial charge in [-0.2, -0.15) is 0 Å². The van der Waals surface area contributed by atoms with Crippen LogP contribution in [0.1, 0.15) is 31.9 Å². The van der Waals surface area contributed by atoms with Crippen LogP contribution in [0.5, 0.6) is 0 Å². The van der Waals surface area contributed by atoms with Gasteiger partial charge in [0.2, 0.25) is 11.8 Å². The second-order valence-electron chi connectivity index (χ2n) is 4.89. The van der Waals surface area contributed by atoms with E-state index in [1.165, 1.54) is 13.1 Å². The summed E-state index contributed by atoms with van der Waals surface area (Å²) in [6.07, 6.45) is 0.247. The maximum atomic E-state index is 13.2. The molecular formula is C14H18F2N2O2. The summed E-state index contributed by atoms with van der Waals surface area (Å²) in [5.74, 6) is -2.75. The molecule has 110 valence electrons. The fourth-order valence-electron chi connectivity index (χ4n) is 1.73. The van der Waals surface area contributed by atoms with Crippen LogP contribution in [-0.2, 0) is 9.59 Å². The van der Waals surface area contributed by atoms with E-state index in [4.69, 9.17) is 0 Å². The molecule has 4 nitrogen and oxygen atoms in total. The van der Waals surface area contributed by atoms with Crippen molar-refractivity contribution in [1.82, 2.24) is 10.6 Å². The van der Waals surface area contributed by atoms with E-state index in [-0.39, 0.29) is 23.8 Å². The molecule has 1 aromatic rings. The lowest BCUT2D eigenvalue weighted by atomic mass is 10.0. The third kappa shape index (κ3) is 4.29. The lowest BCUT2D eigenvalue weighted by Gasteiger charge is -2.18. The van der Waals surface area contributed by atoms with Gasteiger partial charge in [-0.05, 0) is 23.6 Å². The Morgan fingerprint density at radius 1 is 1.20 bits per heavy atom. The highest BCUT2D eigenvalue weighted by Crippen LogP contribution is 2.17. The maximum absolute atomic E-state index is 13.2. The van der Waals surface area contributed by atoms with Gasteiger partial charge in [0.25, 0.3) is 0 Å². The quantitative estimate of drug-likeness (QED) is 0.868. The highest BCUT2D eigenvalue weighted by molar-refractivity contribution is 5.88. The van der Waals surface area contributed by atoms with E-state index < -0.39 is 23.6 Å². The van der Waals surface area contributed by atoms with Crippen molar-refractivity contribution >= 4 is 11.8 Å². The first-order chi connectivity index (χ1) is 9.35. The van der Waals surface area contributed by atoms with Crippen molar-refractivity contribution in [3.05, 3.63) is 35.4 Å². The highest BCUT2D eigenvalue weighted by Gasteiger charge is 2.23. The van der Waals surface area contributed by atoms with Crippen LogP contribution in [0.25, 0.3) is 0 Å². The Kier molecular flexibility index (Phi) is 5.61. The van der Waals surface area contributed by atoms with E-state index in [1.807, 2.05) is 13.8 Å². The summed E-state index contributed by atoms with van der Waals surface area (Å²) in [4.78, 5) is 23.5. The minimum atomic E-state index is -1.06. The molecule has 0 bridgehead atoms. The van der Waals surface area contributed by atoms with Gasteiger partial charge in [0.15, 0.2) is 11.6 Å². The SMILES string of the molecule is CNC(=O)C(NC(=O)CC(C)C)c1ccc(F)c(F)c1. The average Bonchev–Trinajstić information content (AvgIpc) is 2.37. The summed E-state index contributed by atoms with van der Waals surface area (Å²) in [6, 6.07) is 2.06. The smallest absolute Gasteiger partial charge is 0.246 e. The van der Waals surface area contributed by atoms with Crippen molar-refractivity contribution in [1.29, 1.82) is 0 Å². The van der Waals surface area contributed by atoms with Crippen molar-refractivity contribution in [3.63, 3.8) is 0 Å². The van der Waals surface area contributed by atoms with Crippen molar-refractivity contribution in [2.45, 2.75) is 26.3 Å². The van der Waals surface area contributed by atoms with Gasteiger partial charge >= 0.3 is 0 Å². The Hall–Kier alpha value is -1.98. The normalized spacial score (nSPS) is 12.1. The molecule has 2 amide bonds. The molecule has 1 unspecified atom stereocenters. The van der Waals surface area contributed by atoms with Gasteiger partial charge in [-0.15, -0.1) is 0 Å². The van der Waals surface area contributed by atoms with E-state index in [0.717, 1.165) is 12.1 Å². The Labute approximate surface area is 116 Å². The van der Waals surface area contributed by atoms with E-state index in [1.54, 1.807) is 0 Å². The standard InChI is InChI=1S/C14H18F2N2O2/c1-8(2)6-12(19)18-13(14(20)17-3)9-4-5-10(15)11(16)7-9/h4-5,7-8,13H,6H2,1-3H3,(H,17,20)(H,18,19). The molecule has 1 rings (SSSR count). The molecular weight excluding hydrogens is 266 g/mol. The summed E-state index contributed by atoms with van der Waals surface area (Å²) in [5, 5.41) is 4.91. The first kappa shape index (κ1) is 16.1. The highest BCUT2D eigenvalue weighted by atomic mass is 19.2. The molecule has 0 aromatic heterocycles. The van der Waals surface area contributed by atoms with Crippen molar-refractivity contribution in [3.8, 4) is 0 Å². The molecule has 0 spiro atoms. The van der Waals surface area contributed by atoms with Gasteiger partial charge in [-0.1, -0.05) is 19.9 Å². The molecule has 0 radical (unpaired) electrons. The molecule has 0 aliphatic carbocycles. The third-order valence-corrected chi connectivity index (χ3v) is 2.68. The number of carbonyl (C=O) groups is 2. The van der Waals surface area contributed by atoms with Crippen LogP contribution >= 0.6 is 0 Å². The number of hydrogen-bond acceptors (Lipinski definition) is 2. The van der Waals surface area contributed by atoms with Crippen LogP contribution < -0.4 is 10.6 Å². The Balaban J connectivity index is 2.97. The molecule has 0 aliphatic heterocycles. The van der Waals surface area contributed by atoms with Gasteiger partial charge in [-0.3, -0.25) is 9.59 Å². The van der Waals surface area contributed by atoms with E-state index in [0.29, 0.717) is 0 Å². The monoisotopic (exact) mass is 284 g/mol. The second-order valence-corrected chi connectivity index (χ2v) is 4.89. The number of amides is 2. The largest absolute Gasteiger partial charge is 0.357 e. The Morgan fingerprint density at radius 2 is 1.85 bits per heavy atom. The summed E-state index contributed by atoms with van der Waals surface area (Å²) in [6.45, 7) is 3.73. The van der Waals surface area contributed by atoms with Crippen molar-refractivity contribution in [2.24, 2.45) is 5.92 Å². The van der Waals surface area contributed by atoms with Crippen molar-refractivity contribution in [2.75, 3.05) is 7.05 Å². The number of halogens is 2. The molecule has 1 atom stereocenters. The summed E-state index contributed by atoms with van der Waals surface area (Å²) in [5.41, 5.74) is 0.195. The van der Waals surface area contributed by atoms with Crippen LogP contribution in [0, 0.1) is 17.6 Å². The summed E-state index contributed by atoms with van der Waals surface area (Å²) in [7, 11) is 1.41. The predicted octanol–water partition coefficient (Wildman–Crippen LogP) is 1.91. The first-order valence-corrected chi connectivity index (χ1v) is 6.31. The number of hydrogen-bond donors (Lipinski definition) is 2. The minimum Gasteiger partial charge on any atom is -0.357 e. The van der Waals surface area contributed by atoms with E-state index >= 15 is 0 Å². The van der Waals surface area contributed by atoms with Crippen LogP contribution in [0.2, 0.25) is 0 Å². The molecule has 20 heavy (non-hydrogen) atoms. The molecule has 0 fully saturated rings. The fraction of sp³-hybridized carbons (Fsp3) is 0.429. The molecule has 6 heteroatoms. The molecule has 0 saturated carbocycles. The molecule has 0 heterocycles. The van der Waals surface area contributed by atoms with Gasteiger partial charge in [-0.25, -0.2) is 8.78 Å². The average molecular weight is 284 g/mol. The third-order valence-electron chi connectivity index (χ3n) is 2.68. The minimum absolute atomic E-state index is 0.130. The lowest BCUT2D eigenvalue weighted by molar-refractivity contribution is -0.129. The lowest BCUT2D eigenvalue weighted by Crippen LogP contribution is -2.39. The van der Waals surface area contributed by atoms with Crippen LogP contribution in [-0.4, -0.2) is 18.9 Å². The topological polar surface area (TPSA) is 58.2 Å². The van der Waals surface area contributed by atoms with E-state index in [2.05, 4.69) is 10.6 Å². The second kappa shape index (κ2) is 6.98. The van der Waals surface area contributed by atoms with Crippen LogP contribution in [0.3, 0.4) is 0 Å². The Morgan fingerprint density at radius 3 is 2.35 bits per heavy atom. The number of carbonyl (C=O) groups excluding carboxylic acids is 2. The molecule has 2 N–H and O–H groups in total. The van der Waals surface area contributed by atoms with Crippen LogP contribution in [0.15, 0.2) is 18.2 Å². The van der Waals surface area contributed by atoms with Crippen LogP contribution in [0.4, 0.5) is 8.78 Å². The predicted molar refractivity (Wildman–Crippen MR) is 70.8 cm³/mol. The van der Waals surface area contributed by atoms with E-state index in [9.17, 15) is 18.4 Å². The zero-order chi connectivity index (χ0) is 15.3.